The van der Waals surface area contributed by atoms with Gasteiger partial charge in [0, 0.05) is 24.7 Å². The Morgan fingerprint density at radius 3 is 2.18 bits per heavy atom. The molecule has 4 aromatic carbocycles. The summed E-state index contributed by atoms with van der Waals surface area (Å²) in [6.45, 7) is 2.11. The van der Waals surface area contributed by atoms with Crippen molar-refractivity contribution < 1.29 is 31.5 Å². The molecule has 0 radical (unpaired) electrons. The lowest BCUT2D eigenvalue weighted by molar-refractivity contribution is -0.155. The number of halogens is 2. The highest BCUT2D eigenvalue weighted by Crippen LogP contribution is 2.44. The van der Waals surface area contributed by atoms with Crippen LogP contribution in [0, 0.1) is 5.92 Å². The number of piperidine rings is 1. The minimum Gasteiger partial charge on any atom is -0.490 e. The van der Waals surface area contributed by atoms with Gasteiger partial charge in [0.25, 0.3) is 5.92 Å². The van der Waals surface area contributed by atoms with Gasteiger partial charge in [-0.25, -0.2) is 8.42 Å². The number of carbonyl (C=O) groups is 1. The molecule has 1 amide bonds. The van der Waals surface area contributed by atoms with E-state index in [1.807, 2.05) is 12.1 Å². The Bertz CT molecular complexity index is 1920. The van der Waals surface area contributed by atoms with Crippen molar-refractivity contribution in [3.8, 4) is 17.2 Å². The number of nitrogens with zero attached hydrogens (tertiary/aromatic N) is 2. The van der Waals surface area contributed by atoms with Crippen molar-refractivity contribution in [1.29, 1.82) is 0 Å². The first kappa shape index (κ1) is 33.5. The molecule has 4 aromatic rings. The summed E-state index contributed by atoms with van der Waals surface area (Å²) >= 11 is 0. The molecule has 7 nitrogen and oxygen atoms in total. The molecule has 3 unspecified atom stereocenters. The maximum absolute atomic E-state index is 17.0. The van der Waals surface area contributed by atoms with Crippen molar-refractivity contribution in [2.24, 2.45) is 5.92 Å². The number of hydrogen-bond donors (Lipinski definition) is 0. The second-order valence-corrected chi connectivity index (χ2v) is 15.9. The van der Waals surface area contributed by atoms with Crippen molar-refractivity contribution in [1.82, 2.24) is 9.21 Å². The van der Waals surface area contributed by atoms with Crippen molar-refractivity contribution >= 4 is 26.7 Å². The van der Waals surface area contributed by atoms with Gasteiger partial charge in [0.15, 0.2) is 6.04 Å². The van der Waals surface area contributed by atoms with Crippen molar-refractivity contribution in [3.05, 3.63) is 96.6 Å². The van der Waals surface area contributed by atoms with Gasteiger partial charge in [0.05, 0.1) is 11.0 Å². The van der Waals surface area contributed by atoms with E-state index in [4.69, 9.17) is 9.47 Å². The number of fused-ring (bicyclic) bond motifs is 3. The fourth-order valence-corrected chi connectivity index (χ4v) is 9.33. The molecule has 1 saturated carbocycles. The van der Waals surface area contributed by atoms with Crippen LogP contribution >= 0.6 is 0 Å². The van der Waals surface area contributed by atoms with Gasteiger partial charge < -0.3 is 14.4 Å². The Morgan fingerprint density at radius 2 is 1.47 bits per heavy atom. The van der Waals surface area contributed by atoms with E-state index in [2.05, 4.69) is 6.92 Å². The van der Waals surface area contributed by atoms with Gasteiger partial charge in [0.2, 0.25) is 15.9 Å². The second-order valence-electron chi connectivity index (χ2n) is 13.9. The van der Waals surface area contributed by atoms with Crippen LogP contribution < -0.4 is 9.47 Å². The topological polar surface area (TPSA) is 76.2 Å². The van der Waals surface area contributed by atoms with Crippen molar-refractivity contribution in [2.75, 3.05) is 7.05 Å². The minimum atomic E-state index is -4.57. The number of amides is 1. The average molecular weight is 689 g/mol. The van der Waals surface area contributed by atoms with E-state index in [0.717, 1.165) is 38.1 Å². The fraction of sp³-hybridized carbons (Fsp3) is 0.410. The zero-order chi connectivity index (χ0) is 34.3. The van der Waals surface area contributed by atoms with Crippen LogP contribution in [0.4, 0.5) is 8.78 Å². The Labute approximate surface area is 286 Å². The third-order valence-electron chi connectivity index (χ3n) is 10.4. The van der Waals surface area contributed by atoms with Crippen LogP contribution in [-0.4, -0.2) is 54.8 Å². The average Bonchev–Trinajstić information content (AvgIpc) is 3.70. The smallest absolute Gasteiger partial charge is 0.298 e. The molecule has 3 atom stereocenters. The third-order valence-corrected chi connectivity index (χ3v) is 12.2. The number of carbonyl (C=O) groups excluding carboxylic acids is 1. The highest BCUT2D eigenvalue weighted by atomic mass is 32.2. The predicted molar refractivity (Wildman–Crippen MR) is 184 cm³/mol. The Morgan fingerprint density at radius 1 is 0.816 bits per heavy atom. The highest BCUT2D eigenvalue weighted by molar-refractivity contribution is 7.89. The molecule has 3 fully saturated rings. The van der Waals surface area contributed by atoms with Crippen LogP contribution in [0.2, 0.25) is 0 Å². The van der Waals surface area contributed by atoms with E-state index in [1.165, 1.54) is 30.3 Å². The molecule has 1 aliphatic carbocycles. The van der Waals surface area contributed by atoms with Gasteiger partial charge in [0.1, 0.15) is 17.2 Å². The normalized spacial score (nSPS) is 22.1. The number of benzene rings is 4. The Hall–Kier alpha value is -4.02. The first-order chi connectivity index (χ1) is 23.5. The standard InChI is InChI=1S/C39H42F2N2O5S/c1-26-21-30-17-18-31(22-26)43(30)38(44)37(39(40,41)29-9-8-14-34(25-29)47-32-10-4-3-5-11-32)42(2)49(45,46)36-20-16-27-23-35(19-15-28(27)24-36)48-33-12-6-7-13-33/h3-5,8-11,14-16,19-20,23-26,30-31,33,37H,6-7,12-13,17-18,21-22H2,1-2H3. The van der Waals surface area contributed by atoms with Gasteiger partial charge in [-0.1, -0.05) is 49.4 Å². The maximum atomic E-state index is 17.0. The largest absolute Gasteiger partial charge is 0.490 e. The van der Waals surface area contributed by atoms with E-state index >= 15 is 8.78 Å². The molecular weight excluding hydrogens is 647 g/mol. The molecule has 2 aliphatic heterocycles. The molecule has 0 spiro atoms. The molecule has 2 heterocycles. The quantitative estimate of drug-likeness (QED) is 0.167. The first-order valence-electron chi connectivity index (χ1n) is 17.2. The maximum Gasteiger partial charge on any atom is 0.298 e. The summed E-state index contributed by atoms with van der Waals surface area (Å²) in [5.74, 6) is -3.10. The molecule has 0 aromatic heterocycles. The lowest BCUT2D eigenvalue weighted by Crippen LogP contribution is -2.60. The minimum absolute atomic E-state index is 0.151. The third kappa shape index (κ3) is 6.65. The van der Waals surface area contributed by atoms with Crippen LogP contribution in [0.5, 0.6) is 17.2 Å². The number of ether oxygens (including phenoxy) is 2. The molecule has 3 aliphatic rings. The second kappa shape index (κ2) is 13.4. The Kier molecular flexibility index (Phi) is 9.13. The molecule has 0 N–H and O–H groups in total. The molecule has 10 heteroatoms. The number of sulfonamides is 1. The van der Waals surface area contributed by atoms with E-state index in [9.17, 15) is 13.2 Å². The lowest BCUT2D eigenvalue weighted by Gasteiger charge is -2.42. The van der Waals surface area contributed by atoms with Crippen molar-refractivity contribution in [2.45, 2.75) is 93.3 Å². The lowest BCUT2D eigenvalue weighted by atomic mass is 9.90. The summed E-state index contributed by atoms with van der Waals surface area (Å²) in [5.41, 5.74) is -0.507. The highest BCUT2D eigenvalue weighted by Gasteiger charge is 2.56. The van der Waals surface area contributed by atoms with Gasteiger partial charge in [-0.3, -0.25) is 4.79 Å². The number of likely N-dealkylation sites (N-methyl/N-ethyl adjacent to an activating group) is 1. The monoisotopic (exact) mass is 688 g/mol. The Balaban J connectivity index is 1.23. The molecular formula is C39H42F2N2O5S. The van der Waals surface area contributed by atoms with Crippen LogP contribution in [0.25, 0.3) is 10.8 Å². The molecule has 7 rings (SSSR count). The number of hydrogen-bond acceptors (Lipinski definition) is 5. The van der Waals surface area contributed by atoms with Gasteiger partial charge >= 0.3 is 0 Å². The number of rotatable bonds is 10. The first-order valence-corrected chi connectivity index (χ1v) is 18.7. The van der Waals surface area contributed by atoms with E-state index in [-0.39, 0.29) is 28.8 Å². The SMILES string of the molecule is CC1CC2CCC(C1)N2C(=O)C(N(C)S(=O)(=O)c1ccc2cc(OC3CCCC3)ccc2c1)C(F)(F)c1cccc(Oc2ccccc2)c1. The summed E-state index contributed by atoms with van der Waals surface area (Å²) in [6.07, 6.45) is 7.30. The van der Waals surface area contributed by atoms with Crippen LogP contribution in [0.3, 0.4) is 0 Å². The van der Waals surface area contributed by atoms with Crippen LogP contribution in [0.15, 0.2) is 95.9 Å². The predicted octanol–water partition coefficient (Wildman–Crippen LogP) is 8.52. The summed E-state index contributed by atoms with van der Waals surface area (Å²) in [6, 6.07) is 21.4. The fourth-order valence-electron chi connectivity index (χ4n) is 7.98. The molecule has 258 valence electrons. The van der Waals surface area contributed by atoms with Crippen LogP contribution in [-0.2, 0) is 20.7 Å². The van der Waals surface area contributed by atoms with Gasteiger partial charge in [-0.15, -0.1) is 0 Å². The van der Waals surface area contributed by atoms with Crippen LogP contribution in [0.1, 0.15) is 63.9 Å². The summed E-state index contributed by atoms with van der Waals surface area (Å²) < 4.78 is 75.2. The van der Waals surface area contributed by atoms with Gasteiger partial charge in [-0.2, -0.15) is 13.1 Å². The van der Waals surface area contributed by atoms with Crippen molar-refractivity contribution in [3.63, 3.8) is 0 Å². The van der Waals surface area contributed by atoms with E-state index < -0.39 is 33.5 Å². The molecule has 2 saturated heterocycles. The summed E-state index contributed by atoms with van der Waals surface area (Å²) in [7, 11) is -3.48. The zero-order valence-electron chi connectivity index (χ0n) is 27.8. The molecule has 2 bridgehead atoms. The summed E-state index contributed by atoms with van der Waals surface area (Å²) in [4.78, 5) is 15.9. The summed E-state index contributed by atoms with van der Waals surface area (Å²) in [5, 5.41) is 1.39. The van der Waals surface area contributed by atoms with Gasteiger partial charge in [-0.05, 0) is 117 Å². The van der Waals surface area contributed by atoms with E-state index in [0.29, 0.717) is 52.8 Å². The number of para-hydroxylation sites is 1. The molecule has 49 heavy (non-hydrogen) atoms. The van der Waals surface area contributed by atoms with E-state index in [1.54, 1.807) is 53.4 Å². The number of alkyl halides is 2. The zero-order valence-corrected chi connectivity index (χ0v) is 28.6.